The summed E-state index contributed by atoms with van der Waals surface area (Å²) < 4.78 is 24.8. The fourth-order valence-electron chi connectivity index (χ4n) is 3.50. The van der Waals surface area contributed by atoms with E-state index >= 15 is 0 Å². The molecule has 0 aliphatic carbocycles. The minimum Gasteiger partial charge on any atom is -0.398 e. The average Bonchev–Trinajstić information content (AvgIpc) is 2.51. The average molecular weight is 382 g/mol. The van der Waals surface area contributed by atoms with Crippen LogP contribution in [-0.4, -0.2) is 32.5 Å². The van der Waals surface area contributed by atoms with Gasteiger partial charge < -0.3 is 13.8 Å². The van der Waals surface area contributed by atoms with Gasteiger partial charge in [0.05, 0.1) is 17.3 Å². The molecule has 1 saturated heterocycles. The van der Waals surface area contributed by atoms with E-state index in [4.69, 9.17) is 13.8 Å². The lowest BCUT2D eigenvalue weighted by atomic mass is 9.79. The van der Waals surface area contributed by atoms with E-state index in [1.54, 1.807) is 29.3 Å². The monoisotopic (exact) mass is 382 g/mol. The molecular weight excluding hydrogens is 356 g/mol. The quantitative estimate of drug-likeness (QED) is 0.461. The van der Waals surface area contributed by atoms with Gasteiger partial charge in [-0.05, 0) is 52.7 Å². The van der Waals surface area contributed by atoms with Crippen molar-refractivity contribution in [3.8, 4) is 5.75 Å². The number of hydroxylamine groups is 2. The summed E-state index contributed by atoms with van der Waals surface area (Å²) in [6.07, 6.45) is 1.54. The van der Waals surface area contributed by atoms with Crippen molar-refractivity contribution in [1.29, 1.82) is 0 Å². The minimum atomic E-state index is -1.65. The highest BCUT2D eigenvalue weighted by molar-refractivity contribution is 7.78. The van der Waals surface area contributed by atoms with E-state index in [1.165, 1.54) is 0 Å². The van der Waals surface area contributed by atoms with Gasteiger partial charge in [-0.3, -0.25) is 0 Å². The molecule has 1 atom stereocenters. The molecule has 1 unspecified atom stereocenters. The van der Waals surface area contributed by atoms with Crippen LogP contribution in [0.4, 0.5) is 4.79 Å². The molecule has 26 heavy (non-hydrogen) atoms. The van der Waals surface area contributed by atoms with E-state index < -0.39 is 28.5 Å². The number of hydrogen-bond donors (Lipinski definition) is 1. The summed E-state index contributed by atoms with van der Waals surface area (Å²) in [7, 11) is 0. The first-order chi connectivity index (χ1) is 12.1. The lowest BCUT2D eigenvalue weighted by Crippen LogP contribution is -2.64. The lowest BCUT2D eigenvalue weighted by Gasteiger charge is -2.52. The second kappa shape index (κ2) is 8.20. The van der Waals surface area contributed by atoms with Crippen molar-refractivity contribution < 1.29 is 22.8 Å². The number of rotatable bonds is 6. The molecule has 7 nitrogen and oxygen atoms in total. The van der Waals surface area contributed by atoms with Crippen LogP contribution in [-0.2, 0) is 20.3 Å². The van der Waals surface area contributed by atoms with Gasteiger partial charge in [-0.15, -0.1) is 5.06 Å². The molecule has 8 heteroatoms. The Balaban J connectivity index is 2.05. The fraction of sp³-hybridized carbons (Fsp3) is 0.500. The largest absolute Gasteiger partial charge is 0.533 e. The normalized spacial score (nSPS) is 20.8. The van der Waals surface area contributed by atoms with E-state index in [0.717, 1.165) is 6.26 Å². The Morgan fingerprint density at radius 2 is 1.81 bits per heavy atom. The first-order valence-corrected chi connectivity index (χ1v) is 9.43. The second-order valence-corrected chi connectivity index (χ2v) is 8.29. The molecule has 0 saturated carbocycles. The van der Waals surface area contributed by atoms with Gasteiger partial charge in [0, 0.05) is 6.04 Å². The Bertz CT molecular complexity index is 645. The standard InChI is InChI=1S/C18H26N2O5S/c1-6-23-26(22)19-14-12-17(2,3)20(18(4,5)13-14)25-16(21)24-15-10-8-7-9-11-15/h6-11,14,19H,1,12-13H2,2-5H3. The maximum atomic E-state index is 12.2. The number of carbonyl (C=O) groups is 1. The van der Waals surface area contributed by atoms with Crippen LogP contribution >= 0.6 is 0 Å². The predicted octanol–water partition coefficient (Wildman–Crippen LogP) is 3.47. The highest BCUT2D eigenvalue weighted by Gasteiger charge is 2.49. The van der Waals surface area contributed by atoms with Gasteiger partial charge in [0.15, 0.2) is 0 Å². The van der Waals surface area contributed by atoms with E-state index in [-0.39, 0.29) is 6.04 Å². The summed E-state index contributed by atoms with van der Waals surface area (Å²) in [5.74, 6) is 0.418. The van der Waals surface area contributed by atoms with Crippen LogP contribution in [0.15, 0.2) is 43.2 Å². The van der Waals surface area contributed by atoms with Crippen molar-refractivity contribution in [2.45, 2.75) is 57.7 Å². The third-order valence-corrected chi connectivity index (χ3v) is 4.96. The molecule has 0 radical (unpaired) electrons. The molecule has 0 amide bonds. The van der Waals surface area contributed by atoms with E-state index in [9.17, 15) is 9.00 Å². The second-order valence-electron chi connectivity index (χ2n) is 7.40. The molecule has 1 N–H and O–H groups in total. The van der Waals surface area contributed by atoms with Gasteiger partial charge in [-0.1, -0.05) is 24.8 Å². The Morgan fingerprint density at radius 3 is 2.35 bits per heavy atom. The van der Waals surface area contributed by atoms with Crippen LogP contribution < -0.4 is 9.46 Å². The van der Waals surface area contributed by atoms with Gasteiger partial charge in [0.25, 0.3) is 11.3 Å². The highest BCUT2D eigenvalue weighted by Crippen LogP contribution is 2.39. The third-order valence-electron chi connectivity index (χ3n) is 4.12. The van der Waals surface area contributed by atoms with Crippen molar-refractivity contribution >= 4 is 17.4 Å². The molecule has 1 heterocycles. The number of hydrogen-bond acceptors (Lipinski definition) is 6. The summed E-state index contributed by atoms with van der Waals surface area (Å²) in [6, 6.07) is 8.68. The molecule has 0 aromatic heterocycles. The number of carbonyl (C=O) groups excluding carboxylic acids is 1. The number of benzene rings is 1. The van der Waals surface area contributed by atoms with Crippen molar-refractivity contribution in [2.75, 3.05) is 0 Å². The van der Waals surface area contributed by atoms with Gasteiger partial charge in [0.2, 0.25) is 0 Å². The summed E-state index contributed by atoms with van der Waals surface area (Å²) in [6.45, 7) is 11.2. The minimum absolute atomic E-state index is 0.0780. The molecule has 144 valence electrons. The van der Waals surface area contributed by atoms with Crippen molar-refractivity contribution in [3.05, 3.63) is 43.2 Å². The van der Waals surface area contributed by atoms with Gasteiger partial charge in [-0.25, -0.2) is 9.52 Å². The molecule has 1 aromatic carbocycles. The number of nitrogens with zero attached hydrogens (tertiary/aromatic N) is 1. The summed E-state index contributed by atoms with van der Waals surface area (Å²) >= 11 is -1.65. The van der Waals surface area contributed by atoms with E-state index in [0.29, 0.717) is 18.6 Å². The summed E-state index contributed by atoms with van der Waals surface area (Å²) in [5, 5.41) is 1.65. The van der Waals surface area contributed by atoms with E-state index in [2.05, 4.69) is 11.3 Å². The fourth-order valence-corrected chi connectivity index (χ4v) is 4.12. The molecule has 2 rings (SSSR count). The Labute approximate surface area is 157 Å². The molecule has 0 spiro atoms. The van der Waals surface area contributed by atoms with Crippen LogP contribution in [0.2, 0.25) is 0 Å². The first-order valence-electron chi connectivity index (χ1n) is 8.35. The Kier molecular flexibility index (Phi) is 6.44. The zero-order valence-electron chi connectivity index (χ0n) is 15.6. The van der Waals surface area contributed by atoms with Gasteiger partial charge in [0.1, 0.15) is 5.75 Å². The number of para-hydroxylation sites is 1. The van der Waals surface area contributed by atoms with Crippen LogP contribution in [0.1, 0.15) is 40.5 Å². The van der Waals surface area contributed by atoms with Crippen LogP contribution in [0.25, 0.3) is 0 Å². The molecular formula is C18H26N2O5S. The van der Waals surface area contributed by atoms with Crippen LogP contribution in [0.5, 0.6) is 5.75 Å². The summed E-state index contributed by atoms with van der Waals surface area (Å²) in [4.78, 5) is 17.8. The maximum Gasteiger partial charge on any atom is 0.533 e. The van der Waals surface area contributed by atoms with Crippen molar-refractivity contribution in [2.24, 2.45) is 0 Å². The number of nitrogens with one attached hydrogen (secondary N) is 1. The van der Waals surface area contributed by atoms with Crippen LogP contribution in [0, 0.1) is 0 Å². The van der Waals surface area contributed by atoms with Crippen LogP contribution in [0.3, 0.4) is 0 Å². The molecule has 1 aliphatic rings. The van der Waals surface area contributed by atoms with Crippen molar-refractivity contribution in [1.82, 2.24) is 9.79 Å². The Morgan fingerprint density at radius 1 is 1.23 bits per heavy atom. The van der Waals surface area contributed by atoms with Gasteiger partial charge >= 0.3 is 6.16 Å². The lowest BCUT2D eigenvalue weighted by molar-refractivity contribution is -0.249. The van der Waals surface area contributed by atoms with E-state index in [1.807, 2.05) is 33.8 Å². The zero-order chi connectivity index (χ0) is 19.4. The SMILES string of the molecule is C=COS(=O)NC1CC(C)(C)N(OC(=O)Oc2ccccc2)C(C)(C)C1. The number of ether oxygens (including phenoxy) is 1. The van der Waals surface area contributed by atoms with Gasteiger partial charge in [-0.2, -0.15) is 4.21 Å². The number of piperidine rings is 1. The topological polar surface area (TPSA) is 77.1 Å². The first kappa shape index (κ1) is 20.4. The van der Waals surface area contributed by atoms with Crippen molar-refractivity contribution in [3.63, 3.8) is 0 Å². The molecule has 1 aromatic rings. The zero-order valence-corrected chi connectivity index (χ0v) is 16.4. The molecule has 0 bridgehead atoms. The molecule has 1 fully saturated rings. The predicted molar refractivity (Wildman–Crippen MR) is 99.1 cm³/mol. The Hall–Kier alpha value is -1.90. The highest BCUT2D eigenvalue weighted by atomic mass is 32.2. The maximum absolute atomic E-state index is 12.2. The smallest absolute Gasteiger partial charge is 0.398 e. The third kappa shape index (κ3) is 5.30. The molecule has 1 aliphatic heterocycles. The summed E-state index contributed by atoms with van der Waals surface area (Å²) in [5.41, 5.74) is -1.01.